The van der Waals surface area contributed by atoms with Crippen LogP contribution in [0.5, 0.6) is 0 Å². The van der Waals surface area contributed by atoms with Crippen molar-refractivity contribution in [2.45, 2.75) is 70.4 Å². The number of epoxide rings is 1. The summed E-state index contributed by atoms with van der Waals surface area (Å²) in [4.78, 5) is 37.4. The fraction of sp³-hybridized carbons (Fsp3) is 0.593. The molecule has 0 aromatic carbocycles. The van der Waals surface area contributed by atoms with Gasteiger partial charge in [-0.15, -0.1) is 0 Å². The third-order valence-electron chi connectivity index (χ3n) is 8.63. The number of carbonyl (C=O) groups excluding carboxylic acids is 3. The number of rotatable bonds is 0. The molecule has 188 valence electrons. The molecule has 2 bridgehead atoms. The molecule has 8 nitrogen and oxygen atoms in total. The normalized spacial score (nSPS) is 44.9. The molecule has 3 heterocycles. The Bertz CT molecular complexity index is 1050. The molecule has 3 aliphatic heterocycles. The molecule has 6 atom stereocenters. The van der Waals surface area contributed by atoms with Gasteiger partial charge in [-0.2, -0.15) is 0 Å². The van der Waals surface area contributed by atoms with Crippen molar-refractivity contribution in [2.75, 3.05) is 19.8 Å². The Balaban J connectivity index is 1.53. The zero-order valence-electron chi connectivity index (χ0n) is 20.4. The third-order valence-corrected chi connectivity index (χ3v) is 8.63. The highest BCUT2D eigenvalue weighted by atomic mass is 16.6. The van der Waals surface area contributed by atoms with Crippen LogP contribution in [0, 0.1) is 10.8 Å². The van der Waals surface area contributed by atoms with Crippen molar-refractivity contribution in [3.63, 3.8) is 0 Å². The van der Waals surface area contributed by atoms with E-state index in [1.807, 2.05) is 0 Å². The van der Waals surface area contributed by atoms with Crippen LogP contribution in [0.3, 0.4) is 0 Å². The van der Waals surface area contributed by atoms with Gasteiger partial charge >= 0.3 is 17.9 Å². The summed E-state index contributed by atoms with van der Waals surface area (Å²) >= 11 is 0. The van der Waals surface area contributed by atoms with E-state index in [1.165, 1.54) is 36.0 Å². The van der Waals surface area contributed by atoms with Crippen LogP contribution in [-0.4, -0.2) is 61.6 Å². The summed E-state index contributed by atoms with van der Waals surface area (Å²) in [6.45, 7) is 6.77. The van der Waals surface area contributed by atoms with E-state index in [2.05, 4.69) is 19.9 Å². The minimum absolute atomic E-state index is 0.125. The van der Waals surface area contributed by atoms with Gasteiger partial charge in [-0.25, -0.2) is 14.4 Å². The molecule has 1 unspecified atom stereocenters. The summed E-state index contributed by atoms with van der Waals surface area (Å²) in [6.07, 6.45) is 10.5. The number of cyclic esters (lactones) is 2. The predicted octanol–water partition coefficient (Wildman–Crippen LogP) is 3.12. The Morgan fingerprint density at radius 1 is 0.886 bits per heavy atom. The van der Waals surface area contributed by atoms with Gasteiger partial charge in [-0.05, 0) is 26.7 Å². The molecular weight excluding hydrogens is 452 g/mol. The van der Waals surface area contributed by atoms with Gasteiger partial charge < -0.3 is 23.7 Å². The van der Waals surface area contributed by atoms with Crippen molar-refractivity contribution >= 4 is 17.9 Å². The predicted molar refractivity (Wildman–Crippen MR) is 124 cm³/mol. The molecule has 1 saturated carbocycles. The molecule has 2 saturated heterocycles. The fourth-order valence-electron chi connectivity index (χ4n) is 6.46. The van der Waals surface area contributed by atoms with E-state index in [4.69, 9.17) is 23.7 Å². The summed E-state index contributed by atoms with van der Waals surface area (Å²) in [5, 5.41) is 0. The number of carbonyl (C=O) groups is 3. The van der Waals surface area contributed by atoms with Gasteiger partial charge in [-0.3, -0.25) is 0 Å². The van der Waals surface area contributed by atoms with Gasteiger partial charge in [0.2, 0.25) is 0 Å². The summed E-state index contributed by atoms with van der Waals surface area (Å²) in [5.41, 5.74) is 0.194. The minimum atomic E-state index is -0.613. The highest BCUT2D eigenvalue weighted by molar-refractivity contribution is 5.85. The maximum atomic E-state index is 12.8. The minimum Gasteiger partial charge on any atom is -0.462 e. The zero-order chi connectivity index (χ0) is 24.8. The third kappa shape index (κ3) is 3.87. The largest absolute Gasteiger partial charge is 0.462 e. The monoisotopic (exact) mass is 484 g/mol. The highest BCUT2D eigenvalue weighted by Gasteiger charge is 2.83. The van der Waals surface area contributed by atoms with E-state index < -0.39 is 40.4 Å². The van der Waals surface area contributed by atoms with Crippen LogP contribution in [0.25, 0.3) is 0 Å². The molecule has 3 fully saturated rings. The topological polar surface area (TPSA) is 101 Å². The lowest BCUT2D eigenvalue weighted by Crippen LogP contribution is -2.66. The van der Waals surface area contributed by atoms with E-state index in [-0.39, 0.29) is 25.4 Å². The molecule has 8 heteroatoms. The van der Waals surface area contributed by atoms with Crippen molar-refractivity contribution in [2.24, 2.45) is 10.8 Å². The summed E-state index contributed by atoms with van der Waals surface area (Å²) in [5.74, 6) is -1.50. The van der Waals surface area contributed by atoms with Crippen LogP contribution in [0.4, 0.5) is 0 Å². The van der Waals surface area contributed by atoms with Crippen molar-refractivity contribution in [1.82, 2.24) is 0 Å². The molecule has 0 radical (unpaired) electrons. The van der Waals surface area contributed by atoms with Crippen molar-refractivity contribution in [3.8, 4) is 0 Å². The first kappa shape index (κ1) is 24.0. The Labute approximate surface area is 204 Å². The lowest BCUT2D eigenvalue weighted by molar-refractivity contribution is -0.232. The maximum absolute atomic E-state index is 12.8. The van der Waals surface area contributed by atoms with Gasteiger partial charge in [0, 0.05) is 36.5 Å². The van der Waals surface area contributed by atoms with Crippen LogP contribution in [-0.2, 0) is 38.1 Å². The summed E-state index contributed by atoms with van der Waals surface area (Å²) in [6, 6.07) is 0. The van der Waals surface area contributed by atoms with Gasteiger partial charge in [0.1, 0.15) is 18.3 Å². The van der Waals surface area contributed by atoms with Crippen LogP contribution in [0.1, 0.15) is 46.5 Å². The lowest BCUT2D eigenvalue weighted by atomic mass is 9.51. The van der Waals surface area contributed by atoms with Crippen molar-refractivity contribution in [3.05, 3.63) is 47.6 Å². The SMILES string of the molecule is CC1=C[C@H]2O[C@@H]3C[C@H]4OC(=O)/C=C\C=C/C(=O)OCC/C(C)=C\C(=O)OC[C@@]2(CC1)[C@]4(C)C31CO1. The number of esters is 3. The van der Waals surface area contributed by atoms with E-state index in [0.717, 1.165) is 18.4 Å². The smallest absolute Gasteiger partial charge is 0.331 e. The number of ether oxygens (including phenoxy) is 5. The van der Waals surface area contributed by atoms with Gasteiger partial charge in [0.25, 0.3) is 0 Å². The molecule has 5 aliphatic rings. The second kappa shape index (κ2) is 8.75. The molecule has 0 aromatic rings. The molecule has 5 rings (SSSR count). The molecule has 0 amide bonds. The lowest BCUT2D eigenvalue weighted by Gasteiger charge is -2.58. The maximum Gasteiger partial charge on any atom is 0.331 e. The average Bonchev–Trinajstić information content (AvgIpc) is 3.58. The standard InChI is InChI=1S/C27H32O8/c1-17-8-10-26-15-32-24(30)13-18(2)9-11-31-22(28)6-4-5-7-23(29)35-19-14-21(34-20(26)12-17)27(16-33-27)25(19,26)3/h4-7,12-13,19-21H,8-11,14-16H2,1-3H3/b6-4-,7-5-,18-13-/t19-,20-,21-,25-,26-,27?/m1/s1. The number of allylic oxidation sites excluding steroid dienone is 3. The van der Waals surface area contributed by atoms with Crippen LogP contribution >= 0.6 is 0 Å². The van der Waals surface area contributed by atoms with Crippen LogP contribution in [0.2, 0.25) is 0 Å². The first-order chi connectivity index (χ1) is 16.7. The van der Waals surface area contributed by atoms with E-state index in [0.29, 0.717) is 19.4 Å². The van der Waals surface area contributed by atoms with Gasteiger partial charge in [0.15, 0.2) is 0 Å². The average molecular weight is 485 g/mol. The molecule has 2 aliphatic carbocycles. The molecule has 2 spiro atoms. The van der Waals surface area contributed by atoms with E-state index in [9.17, 15) is 14.4 Å². The Morgan fingerprint density at radius 2 is 1.63 bits per heavy atom. The quantitative estimate of drug-likeness (QED) is 0.224. The Hall–Kier alpha value is -2.71. The molecule has 35 heavy (non-hydrogen) atoms. The molecule has 0 aromatic heterocycles. The first-order valence-electron chi connectivity index (χ1n) is 12.2. The molecule has 0 N–H and O–H groups in total. The van der Waals surface area contributed by atoms with Gasteiger partial charge in [0.05, 0.1) is 30.8 Å². The highest BCUT2D eigenvalue weighted by Crippen LogP contribution is 2.72. The second-order valence-corrected chi connectivity index (χ2v) is 10.5. The van der Waals surface area contributed by atoms with Gasteiger partial charge in [-0.1, -0.05) is 36.3 Å². The van der Waals surface area contributed by atoms with E-state index >= 15 is 0 Å². The van der Waals surface area contributed by atoms with Crippen LogP contribution < -0.4 is 0 Å². The first-order valence-corrected chi connectivity index (χ1v) is 12.2. The van der Waals surface area contributed by atoms with Crippen LogP contribution in [0.15, 0.2) is 47.6 Å². The Kier molecular flexibility index (Phi) is 6.00. The summed E-state index contributed by atoms with van der Waals surface area (Å²) in [7, 11) is 0. The zero-order valence-corrected chi connectivity index (χ0v) is 20.4. The fourth-order valence-corrected chi connectivity index (χ4v) is 6.46. The summed E-state index contributed by atoms with van der Waals surface area (Å²) < 4.78 is 29.7. The van der Waals surface area contributed by atoms with Crippen molar-refractivity contribution in [1.29, 1.82) is 0 Å². The number of hydrogen-bond acceptors (Lipinski definition) is 8. The van der Waals surface area contributed by atoms with E-state index in [1.54, 1.807) is 6.92 Å². The Morgan fingerprint density at radius 3 is 2.37 bits per heavy atom. The second-order valence-electron chi connectivity index (χ2n) is 10.5. The van der Waals surface area contributed by atoms with Crippen molar-refractivity contribution < 1.29 is 38.1 Å². The molecular formula is C27H32O8. The number of hydrogen-bond donors (Lipinski definition) is 0.